The first kappa shape index (κ1) is 19.1. The zero-order valence-corrected chi connectivity index (χ0v) is 15.9. The van der Waals surface area contributed by atoms with E-state index in [-0.39, 0.29) is 11.3 Å². The maximum Gasteiger partial charge on any atom is 0.356 e. The highest BCUT2D eigenvalue weighted by Crippen LogP contribution is 2.25. The van der Waals surface area contributed by atoms with Crippen molar-refractivity contribution in [3.05, 3.63) is 60.1 Å². The van der Waals surface area contributed by atoms with Gasteiger partial charge in [0.05, 0.1) is 5.69 Å². The van der Waals surface area contributed by atoms with Crippen LogP contribution in [0.2, 0.25) is 0 Å². The summed E-state index contributed by atoms with van der Waals surface area (Å²) in [5.74, 6) is -4.03. The van der Waals surface area contributed by atoms with Crippen LogP contribution in [-0.2, 0) is 19.1 Å². The number of aromatic carboxylic acids is 1. The summed E-state index contributed by atoms with van der Waals surface area (Å²) < 4.78 is 11.5. The number of esters is 2. The quantitative estimate of drug-likeness (QED) is 0.379. The number of nitrogens with zero attached hydrogens (tertiary/aromatic N) is 3. The van der Waals surface area contributed by atoms with Crippen LogP contribution in [0.25, 0.3) is 16.9 Å². The van der Waals surface area contributed by atoms with Gasteiger partial charge in [0.25, 0.3) is 5.79 Å². The van der Waals surface area contributed by atoms with Gasteiger partial charge < -0.3 is 19.9 Å². The number of carboxylic acids is 1. The summed E-state index contributed by atoms with van der Waals surface area (Å²) >= 11 is 0. The van der Waals surface area contributed by atoms with Gasteiger partial charge in [-0.05, 0) is 18.2 Å². The van der Waals surface area contributed by atoms with Crippen molar-refractivity contribution >= 4 is 29.2 Å². The van der Waals surface area contributed by atoms with Crippen molar-refractivity contribution in [2.45, 2.75) is 19.6 Å². The molecule has 0 saturated carbocycles. The second-order valence-corrected chi connectivity index (χ2v) is 6.90. The van der Waals surface area contributed by atoms with Crippen LogP contribution >= 0.6 is 0 Å². The van der Waals surface area contributed by atoms with Gasteiger partial charge in [0.1, 0.15) is 0 Å². The van der Waals surface area contributed by atoms with Crippen LogP contribution in [-0.4, -0.2) is 43.4 Å². The first-order chi connectivity index (χ1) is 14.2. The van der Waals surface area contributed by atoms with Crippen LogP contribution in [0.4, 0.5) is 5.69 Å². The smallest absolute Gasteiger partial charge is 0.356 e. The maximum absolute atomic E-state index is 12.0. The van der Waals surface area contributed by atoms with Gasteiger partial charge in [0.2, 0.25) is 0 Å². The lowest BCUT2D eigenvalue weighted by atomic mass is 10.1. The fourth-order valence-corrected chi connectivity index (χ4v) is 2.92. The third kappa shape index (κ3) is 3.58. The lowest BCUT2D eigenvalue weighted by Gasteiger charge is -2.29. The number of fused-ring (bicyclic) bond motifs is 1. The first-order valence-corrected chi connectivity index (χ1v) is 8.85. The highest BCUT2D eigenvalue weighted by atomic mass is 16.7. The molecule has 2 aromatic heterocycles. The minimum absolute atomic E-state index is 0.119. The van der Waals surface area contributed by atoms with E-state index in [0.29, 0.717) is 22.6 Å². The number of aromatic nitrogens is 3. The zero-order chi connectivity index (χ0) is 21.5. The fourth-order valence-electron chi connectivity index (χ4n) is 2.92. The molecule has 0 unspecified atom stereocenters. The second kappa shape index (κ2) is 6.99. The molecular weight excluding hydrogens is 392 g/mol. The summed E-state index contributed by atoms with van der Waals surface area (Å²) in [5, 5.41) is 16.1. The average Bonchev–Trinajstić information content (AvgIpc) is 3.11. The summed E-state index contributed by atoms with van der Waals surface area (Å²) in [7, 11) is 0. The molecule has 0 atom stereocenters. The summed E-state index contributed by atoms with van der Waals surface area (Å²) in [5.41, 5.74) is 1.90. The normalized spacial score (nSPS) is 15.5. The summed E-state index contributed by atoms with van der Waals surface area (Å²) in [4.78, 5) is 39.4. The topological polar surface area (TPSA) is 132 Å². The van der Waals surface area contributed by atoms with Gasteiger partial charge >= 0.3 is 17.9 Å². The van der Waals surface area contributed by atoms with E-state index in [1.54, 1.807) is 36.5 Å². The summed E-state index contributed by atoms with van der Waals surface area (Å²) in [6.45, 7) is 2.94. The van der Waals surface area contributed by atoms with Crippen molar-refractivity contribution in [2.75, 3.05) is 5.32 Å². The van der Waals surface area contributed by atoms with Gasteiger partial charge in [0, 0.05) is 43.6 Å². The zero-order valence-electron chi connectivity index (χ0n) is 15.9. The second-order valence-electron chi connectivity index (χ2n) is 6.90. The van der Waals surface area contributed by atoms with E-state index in [2.05, 4.69) is 15.4 Å². The Hall–Kier alpha value is -4.21. The molecule has 1 fully saturated rings. The molecule has 1 saturated heterocycles. The lowest BCUT2D eigenvalue weighted by Crippen LogP contribution is -2.42. The molecule has 1 aliphatic rings. The molecule has 1 aromatic carbocycles. The number of ether oxygens (including phenoxy) is 2. The van der Waals surface area contributed by atoms with Crippen molar-refractivity contribution in [3.63, 3.8) is 0 Å². The number of anilines is 1. The monoisotopic (exact) mass is 408 g/mol. The molecule has 3 heterocycles. The van der Waals surface area contributed by atoms with Gasteiger partial charge in [0.15, 0.2) is 16.9 Å². The summed E-state index contributed by atoms with van der Waals surface area (Å²) in [6, 6.07) is 10.1. The van der Waals surface area contributed by atoms with Crippen LogP contribution in [0.5, 0.6) is 0 Å². The number of benzene rings is 1. The molecule has 4 rings (SSSR count). The first-order valence-electron chi connectivity index (χ1n) is 8.85. The van der Waals surface area contributed by atoms with Gasteiger partial charge in [-0.25, -0.2) is 23.9 Å². The molecule has 1 aliphatic heterocycles. The Morgan fingerprint density at radius 3 is 2.60 bits per heavy atom. The minimum atomic E-state index is -1.31. The molecule has 10 nitrogen and oxygen atoms in total. The van der Waals surface area contributed by atoms with Gasteiger partial charge in [-0.3, -0.25) is 0 Å². The molecule has 0 amide bonds. The van der Waals surface area contributed by atoms with E-state index in [0.717, 1.165) is 0 Å². The molecule has 0 radical (unpaired) electrons. The van der Waals surface area contributed by atoms with E-state index in [1.165, 1.54) is 30.6 Å². The average molecular weight is 408 g/mol. The number of rotatable bonds is 4. The fraction of sp³-hybridized carbons (Fsp3) is 0.150. The van der Waals surface area contributed by atoms with Crippen LogP contribution in [0.1, 0.15) is 24.3 Å². The molecular formula is C20H16N4O6. The van der Waals surface area contributed by atoms with Crippen LogP contribution in [0, 0.1) is 0 Å². The highest BCUT2D eigenvalue weighted by molar-refractivity contribution is 6.15. The number of hydrogen-bond donors (Lipinski definition) is 2. The van der Waals surface area contributed by atoms with E-state index in [9.17, 15) is 14.4 Å². The van der Waals surface area contributed by atoms with Crippen molar-refractivity contribution < 1.29 is 29.0 Å². The SMILES string of the molecule is CC1(C)OC(=O)C(=CNc2cccc(-c3ccnc4cc(C(=O)O)nn34)c2)C(=O)O1. The molecule has 0 spiro atoms. The van der Waals surface area contributed by atoms with E-state index < -0.39 is 23.7 Å². The van der Waals surface area contributed by atoms with Crippen molar-refractivity contribution in [1.82, 2.24) is 14.6 Å². The highest BCUT2D eigenvalue weighted by Gasteiger charge is 2.38. The third-order valence-electron chi connectivity index (χ3n) is 4.24. The summed E-state index contributed by atoms with van der Waals surface area (Å²) in [6.07, 6.45) is 2.77. The number of carbonyl (C=O) groups is 3. The molecule has 0 aliphatic carbocycles. The Balaban J connectivity index is 1.64. The molecule has 30 heavy (non-hydrogen) atoms. The van der Waals surface area contributed by atoms with Gasteiger partial charge in [-0.15, -0.1) is 0 Å². The maximum atomic E-state index is 12.0. The molecule has 3 aromatic rings. The Morgan fingerprint density at radius 1 is 1.17 bits per heavy atom. The van der Waals surface area contributed by atoms with Gasteiger partial charge in [-0.2, -0.15) is 5.10 Å². The standard InChI is InChI=1S/C20H16N4O6/c1-20(2)29-18(27)13(19(28)30-20)10-22-12-5-3-4-11(8-12)15-6-7-21-16-9-14(17(25)26)23-24(15)16/h3-10,22H,1-2H3,(H,25,26). The van der Waals surface area contributed by atoms with Crippen LogP contribution in [0.15, 0.2) is 54.4 Å². The Kier molecular flexibility index (Phi) is 4.46. The van der Waals surface area contributed by atoms with Crippen LogP contribution in [0.3, 0.4) is 0 Å². The number of carboxylic acid groups (broad SMARTS) is 1. The Morgan fingerprint density at radius 2 is 1.90 bits per heavy atom. The number of carbonyl (C=O) groups excluding carboxylic acids is 2. The predicted molar refractivity (Wildman–Crippen MR) is 103 cm³/mol. The van der Waals surface area contributed by atoms with Crippen LogP contribution < -0.4 is 5.32 Å². The Bertz CT molecular complexity index is 1210. The predicted octanol–water partition coefficient (Wildman–Crippen LogP) is 2.23. The van der Waals surface area contributed by atoms with Crippen molar-refractivity contribution in [3.8, 4) is 11.3 Å². The number of cyclic esters (lactones) is 2. The molecule has 0 bridgehead atoms. The van der Waals surface area contributed by atoms with E-state index in [4.69, 9.17) is 14.6 Å². The minimum Gasteiger partial charge on any atom is -0.476 e. The third-order valence-corrected chi connectivity index (χ3v) is 4.24. The molecule has 152 valence electrons. The lowest BCUT2D eigenvalue weighted by molar-refractivity contribution is -0.222. The Labute approximate surface area is 169 Å². The van der Waals surface area contributed by atoms with Crippen molar-refractivity contribution in [2.24, 2.45) is 0 Å². The van der Waals surface area contributed by atoms with E-state index >= 15 is 0 Å². The van der Waals surface area contributed by atoms with Gasteiger partial charge in [-0.1, -0.05) is 12.1 Å². The number of nitrogens with one attached hydrogen (secondary N) is 1. The number of hydrogen-bond acceptors (Lipinski definition) is 8. The largest absolute Gasteiger partial charge is 0.476 e. The molecule has 10 heteroatoms. The van der Waals surface area contributed by atoms with E-state index in [1.807, 2.05) is 0 Å². The van der Waals surface area contributed by atoms with Crippen molar-refractivity contribution in [1.29, 1.82) is 0 Å². The molecule has 2 N–H and O–H groups in total.